The number of nitrogens with one attached hydrogen (secondary N) is 1. The van der Waals surface area contributed by atoms with Crippen molar-refractivity contribution in [1.29, 1.82) is 0 Å². The molecule has 0 aromatic carbocycles. The number of likely N-dealkylation sites (tertiary alicyclic amines) is 1. The van der Waals surface area contributed by atoms with Crippen LogP contribution in [-0.2, 0) is 4.79 Å². The second kappa shape index (κ2) is 5.70. The van der Waals surface area contributed by atoms with Crippen LogP contribution in [0.3, 0.4) is 0 Å². The van der Waals surface area contributed by atoms with E-state index in [0.717, 1.165) is 25.9 Å². The highest BCUT2D eigenvalue weighted by atomic mass is 127. The molecule has 1 fully saturated rings. The van der Waals surface area contributed by atoms with E-state index in [0.29, 0.717) is 10.1 Å². The Hall–Kier alpha value is -0.100. The van der Waals surface area contributed by atoms with Crippen LogP contribution in [0.15, 0.2) is 12.7 Å². The Labute approximate surface area is 99.1 Å². The van der Waals surface area contributed by atoms with E-state index in [1.807, 2.05) is 0 Å². The number of amides is 1. The van der Waals surface area contributed by atoms with Gasteiger partial charge in [0.1, 0.15) is 0 Å². The lowest BCUT2D eigenvalue weighted by atomic mass is 10.1. The van der Waals surface area contributed by atoms with Crippen molar-refractivity contribution in [3.63, 3.8) is 0 Å². The quantitative estimate of drug-likeness (QED) is 0.371. The molecule has 80 valence electrons. The first kappa shape index (κ1) is 12.0. The Morgan fingerprint density at radius 2 is 2.50 bits per heavy atom. The molecule has 2 atom stereocenters. The highest BCUT2D eigenvalue weighted by Crippen LogP contribution is 2.16. The molecule has 1 saturated heterocycles. The van der Waals surface area contributed by atoms with Crippen LogP contribution in [0.4, 0.5) is 0 Å². The molecule has 1 rings (SSSR count). The first-order valence-electron chi connectivity index (χ1n) is 4.94. The third kappa shape index (κ3) is 3.57. The zero-order valence-corrected chi connectivity index (χ0v) is 10.7. The van der Waals surface area contributed by atoms with Crippen LogP contribution >= 0.6 is 22.6 Å². The molecular weight excluding hydrogens is 291 g/mol. The molecule has 0 aromatic heterocycles. The van der Waals surface area contributed by atoms with Crippen molar-refractivity contribution in [2.45, 2.75) is 29.9 Å². The standard InChI is InChI=1S/C10H17IN2O/c1-3-10(14)12-9-5-4-6-13(7-9)8(2)11/h3,8-9H,1,4-7H2,2H3,(H,12,14). The first-order chi connectivity index (χ1) is 6.63. The summed E-state index contributed by atoms with van der Waals surface area (Å²) in [5.74, 6) is -0.0574. The van der Waals surface area contributed by atoms with Crippen LogP contribution in [0.2, 0.25) is 0 Å². The summed E-state index contributed by atoms with van der Waals surface area (Å²) in [5.41, 5.74) is 0. The second-order valence-corrected chi connectivity index (χ2v) is 5.42. The summed E-state index contributed by atoms with van der Waals surface area (Å²) in [5, 5.41) is 2.95. The Morgan fingerprint density at radius 1 is 1.79 bits per heavy atom. The van der Waals surface area contributed by atoms with Gasteiger partial charge in [-0.2, -0.15) is 0 Å². The molecule has 3 nitrogen and oxygen atoms in total. The maximum absolute atomic E-state index is 11.1. The summed E-state index contributed by atoms with van der Waals surface area (Å²) in [6, 6.07) is 0.298. The maximum Gasteiger partial charge on any atom is 0.243 e. The zero-order valence-electron chi connectivity index (χ0n) is 8.50. The van der Waals surface area contributed by atoms with Crippen LogP contribution in [-0.4, -0.2) is 34.0 Å². The molecule has 0 aliphatic carbocycles. The van der Waals surface area contributed by atoms with E-state index in [1.165, 1.54) is 6.08 Å². The fraction of sp³-hybridized carbons (Fsp3) is 0.700. The molecule has 0 saturated carbocycles. The second-order valence-electron chi connectivity index (χ2n) is 3.62. The van der Waals surface area contributed by atoms with Crippen LogP contribution in [0.5, 0.6) is 0 Å². The van der Waals surface area contributed by atoms with Crippen LogP contribution in [0, 0.1) is 0 Å². The molecule has 0 bridgehead atoms. The van der Waals surface area contributed by atoms with Gasteiger partial charge in [-0.1, -0.05) is 29.2 Å². The van der Waals surface area contributed by atoms with Crippen molar-refractivity contribution in [3.8, 4) is 0 Å². The van der Waals surface area contributed by atoms with Gasteiger partial charge < -0.3 is 5.32 Å². The number of carbonyl (C=O) groups is 1. The molecular formula is C10H17IN2O. The molecule has 0 aromatic rings. The fourth-order valence-electron chi connectivity index (χ4n) is 1.71. The van der Waals surface area contributed by atoms with E-state index in [1.54, 1.807) is 0 Å². The van der Waals surface area contributed by atoms with E-state index in [-0.39, 0.29) is 5.91 Å². The predicted octanol–water partition coefficient (Wildman–Crippen LogP) is 1.53. The molecule has 1 N–H and O–H groups in total. The van der Waals surface area contributed by atoms with Crippen molar-refractivity contribution < 1.29 is 4.79 Å². The molecule has 1 amide bonds. The summed E-state index contributed by atoms with van der Waals surface area (Å²) in [6.07, 6.45) is 3.58. The molecule has 4 heteroatoms. The van der Waals surface area contributed by atoms with Gasteiger partial charge >= 0.3 is 0 Å². The van der Waals surface area contributed by atoms with E-state index in [9.17, 15) is 4.79 Å². The van der Waals surface area contributed by atoms with Crippen molar-refractivity contribution in [2.24, 2.45) is 0 Å². The minimum absolute atomic E-state index is 0.0574. The third-order valence-electron chi connectivity index (χ3n) is 2.49. The van der Waals surface area contributed by atoms with Crippen molar-refractivity contribution in [3.05, 3.63) is 12.7 Å². The van der Waals surface area contributed by atoms with Gasteiger partial charge in [-0.05, 0) is 32.4 Å². The van der Waals surface area contributed by atoms with Crippen LogP contribution in [0.25, 0.3) is 0 Å². The van der Waals surface area contributed by atoms with E-state index in [4.69, 9.17) is 0 Å². The molecule has 1 aliphatic rings. The Kier molecular flexibility index (Phi) is 4.88. The Bertz CT molecular complexity index is 218. The number of halogens is 1. The number of piperidine rings is 1. The number of hydrogen-bond acceptors (Lipinski definition) is 2. The number of nitrogens with zero attached hydrogens (tertiary/aromatic N) is 1. The van der Waals surface area contributed by atoms with Gasteiger partial charge in [0, 0.05) is 12.6 Å². The molecule has 1 heterocycles. The largest absolute Gasteiger partial charge is 0.349 e. The van der Waals surface area contributed by atoms with E-state index >= 15 is 0 Å². The monoisotopic (exact) mass is 308 g/mol. The average molecular weight is 308 g/mol. The summed E-state index contributed by atoms with van der Waals surface area (Å²) in [4.78, 5) is 13.5. The van der Waals surface area contributed by atoms with Gasteiger partial charge in [-0.15, -0.1) is 0 Å². The number of hydrogen-bond donors (Lipinski definition) is 1. The van der Waals surface area contributed by atoms with Gasteiger partial charge in [0.15, 0.2) is 0 Å². The highest BCUT2D eigenvalue weighted by molar-refractivity contribution is 14.1. The van der Waals surface area contributed by atoms with Crippen LogP contribution < -0.4 is 5.32 Å². The smallest absolute Gasteiger partial charge is 0.243 e. The lowest BCUT2D eigenvalue weighted by Gasteiger charge is -2.34. The van der Waals surface area contributed by atoms with Gasteiger partial charge in [-0.3, -0.25) is 9.69 Å². The lowest BCUT2D eigenvalue weighted by Crippen LogP contribution is -2.48. The predicted molar refractivity (Wildman–Crippen MR) is 66.4 cm³/mol. The van der Waals surface area contributed by atoms with Crippen molar-refractivity contribution in [2.75, 3.05) is 13.1 Å². The number of alkyl halides is 1. The number of rotatable bonds is 3. The Balaban J connectivity index is 2.39. The number of carbonyl (C=O) groups excluding carboxylic acids is 1. The Morgan fingerprint density at radius 3 is 3.07 bits per heavy atom. The normalized spacial score (nSPS) is 25.4. The maximum atomic E-state index is 11.1. The fourth-order valence-corrected chi connectivity index (χ4v) is 2.21. The SMILES string of the molecule is C=CC(=O)NC1CCCN(C(C)I)C1. The van der Waals surface area contributed by atoms with Gasteiger partial charge in [0.2, 0.25) is 5.91 Å². The minimum atomic E-state index is -0.0574. The van der Waals surface area contributed by atoms with Gasteiger partial charge in [-0.25, -0.2) is 0 Å². The van der Waals surface area contributed by atoms with Crippen molar-refractivity contribution in [1.82, 2.24) is 10.2 Å². The third-order valence-corrected chi connectivity index (χ3v) is 3.28. The summed E-state index contributed by atoms with van der Waals surface area (Å²) in [7, 11) is 0. The van der Waals surface area contributed by atoms with E-state index in [2.05, 4.69) is 46.3 Å². The van der Waals surface area contributed by atoms with Crippen LogP contribution in [0.1, 0.15) is 19.8 Å². The topological polar surface area (TPSA) is 32.3 Å². The van der Waals surface area contributed by atoms with Gasteiger partial charge in [0.25, 0.3) is 0 Å². The molecule has 0 radical (unpaired) electrons. The van der Waals surface area contributed by atoms with Gasteiger partial charge in [0.05, 0.1) is 4.05 Å². The molecule has 1 aliphatic heterocycles. The molecule has 2 unspecified atom stereocenters. The average Bonchev–Trinajstić information content (AvgIpc) is 2.18. The zero-order chi connectivity index (χ0) is 10.6. The van der Waals surface area contributed by atoms with E-state index < -0.39 is 0 Å². The summed E-state index contributed by atoms with van der Waals surface area (Å²) in [6.45, 7) is 7.74. The molecule has 14 heavy (non-hydrogen) atoms. The minimum Gasteiger partial charge on any atom is -0.349 e. The first-order valence-corrected chi connectivity index (χ1v) is 6.19. The summed E-state index contributed by atoms with van der Waals surface area (Å²) >= 11 is 2.41. The lowest BCUT2D eigenvalue weighted by molar-refractivity contribution is -0.117. The molecule has 0 spiro atoms. The van der Waals surface area contributed by atoms with Crippen molar-refractivity contribution >= 4 is 28.5 Å². The highest BCUT2D eigenvalue weighted by Gasteiger charge is 2.22. The summed E-state index contributed by atoms with van der Waals surface area (Å²) < 4.78 is 0.538.